The molecule has 1 heterocycles. The van der Waals surface area contributed by atoms with Gasteiger partial charge in [0.2, 0.25) is 0 Å². The zero-order valence-corrected chi connectivity index (χ0v) is 25.6. The molecule has 1 aliphatic heterocycles. The van der Waals surface area contributed by atoms with E-state index in [2.05, 4.69) is 65.4 Å². The lowest BCUT2D eigenvalue weighted by Crippen LogP contribution is -2.44. The Hall–Kier alpha value is -2.83. The van der Waals surface area contributed by atoms with Crippen molar-refractivity contribution in [3.8, 4) is 5.75 Å². The number of rotatable bonds is 8. The molecule has 1 fully saturated rings. The van der Waals surface area contributed by atoms with E-state index in [0.717, 1.165) is 54.9 Å². The molecule has 0 aromatic heterocycles. The zero-order chi connectivity index (χ0) is 27.1. The summed E-state index contributed by atoms with van der Waals surface area (Å²) >= 11 is 0. The highest BCUT2D eigenvalue weighted by Gasteiger charge is 2.24. The average molecular weight is 586 g/mol. The van der Waals surface area contributed by atoms with Crippen molar-refractivity contribution in [1.29, 1.82) is 0 Å². The summed E-state index contributed by atoms with van der Waals surface area (Å²) in [5, 5.41) is 9.69. The van der Waals surface area contributed by atoms with E-state index >= 15 is 0 Å². The largest absolute Gasteiger partial charge is 0.426 e. The number of benzene rings is 3. The highest BCUT2D eigenvalue weighted by atomic mass is 35.5. The Labute approximate surface area is 251 Å². The molecule has 4 rings (SSSR count). The van der Waals surface area contributed by atoms with E-state index in [-0.39, 0.29) is 37.4 Å². The van der Waals surface area contributed by atoms with Crippen LogP contribution in [0, 0.1) is 5.41 Å². The Morgan fingerprint density at radius 1 is 0.800 bits per heavy atom. The minimum absolute atomic E-state index is 0. The maximum absolute atomic E-state index is 12.4. The summed E-state index contributed by atoms with van der Waals surface area (Å²) in [7, 11) is 2.17. The smallest absolute Gasteiger partial charge is 0.316 e. The zero-order valence-electron chi connectivity index (χ0n) is 23.9. The number of anilines is 1. The predicted molar refractivity (Wildman–Crippen MR) is 171 cm³/mol. The molecule has 0 radical (unpaired) electrons. The first-order valence-electron chi connectivity index (χ1n) is 13.5. The van der Waals surface area contributed by atoms with Gasteiger partial charge in [-0.3, -0.25) is 4.79 Å². The van der Waals surface area contributed by atoms with Gasteiger partial charge in [0, 0.05) is 38.5 Å². The minimum Gasteiger partial charge on any atom is -0.426 e. The molecule has 0 unspecified atom stereocenters. The summed E-state index contributed by atoms with van der Waals surface area (Å²) in [6.45, 7) is 9.87. The van der Waals surface area contributed by atoms with Gasteiger partial charge in [0.1, 0.15) is 5.75 Å². The molecule has 3 aromatic carbocycles. The molecule has 0 bridgehead atoms. The number of ether oxygens (including phenoxy) is 1. The second-order valence-corrected chi connectivity index (χ2v) is 11.0. The highest BCUT2D eigenvalue weighted by molar-refractivity contribution is 5.99. The third kappa shape index (κ3) is 8.58. The first-order chi connectivity index (χ1) is 18.3. The number of halogens is 2. The molecule has 0 spiro atoms. The van der Waals surface area contributed by atoms with Crippen molar-refractivity contribution in [3.05, 3.63) is 95.6 Å². The Balaban J connectivity index is 0.00000280. The molecule has 3 aromatic rings. The number of hydrogen-bond donors (Lipinski definition) is 1. The average Bonchev–Trinajstić information content (AvgIpc) is 2.92. The fraction of sp³-hybridized carbons (Fsp3) is 0.364. The van der Waals surface area contributed by atoms with Crippen LogP contribution in [0.3, 0.4) is 0 Å². The number of esters is 1. The lowest BCUT2D eigenvalue weighted by Gasteiger charge is -2.34. The molecule has 0 atom stereocenters. The number of piperazine rings is 1. The molecule has 7 heteroatoms. The van der Waals surface area contributed by atoms with Gasteiger partial charge in [-0.1, -0.05) is 54.6 Å². The maximum Gasteiger partial charge on any atom is 0.316 e. The summed E-state index contributed by atoms with van der Waals surface area (Å²) in [5.41, 5.74) is 6.29. The van der Waals surface area contributed by atoms with Gasteiger partial charge in [-0.15, -0.1) is 24.8 Å². The van der Waals surface area contributed by atoms with Gasteiger partial charge in [-0.05, 0) is 92.8 Å². The highest BCUT2D eigenvalue weighted by Crippen LogP contribution is 2.36. The normalized spacial score (nSPS) is 14.5. The van der Waals surface area contributed by atoms with E-state index in [1.807, 2.05) is 51.1 Å². The van der Waals surface area contributed by atoms with Crippen molar-refractivity contribution >= 4 is 47.6 Å². The molecule has 1 aliphatic rings. The van der Waals surface area contributed by atoms with Crippen molar-refractivity contribution < 1.29 is 14.6 Å². The standard InChI is InChI=1S/C33H40N2O3.2ClH/c1-33(2,3)32(37)38-29-18-14-27(15-19-29)31(30(11-8-24-36)25-9-6-5-7-10-25)26-12-16-28(17-13-26)35-22-20-34(4)21-23-35;;/h5-7,9-10,12-19,36H,8,11,20-24H2,1-4H3;2*1H/b31-30+;;. The van der Waals surface area contributed by atoms with Crippen LogP contribution in [-0.4, -0.2) is 55.8 Å². The monoisotopic (exact) mass is 584 g/mol. The Morgan fingerprint density at radius 3 is 1.88 bits per heavy atom. The number of allylic oxidation sites excluding steroid dienone is 1. The summed E-state index contributed by atoms with van der Waals surface area (Å²) in [6.07, 6.45) is 1.42. The topological polar surface area (TPSA) is 53.0 Å². The van der Waals surface area contributed by atoms with Gasteiger partial charge in [0.15, 0.2) is 0 Å². The van der Waals surface area contributed by atoms with Crippen LogP contribution in [0.2, 0.25) is 0 Å². The number of aliphatic hydroxyl groups excluding tert-OH is 1. The van der Waals surface area contributed by atoms with Crippen LogP contribution in [0.1, 0.15) is 50.3 Å². The van der Waals surface area contributed by atoms with Crippen LogP contribution in [0.4, 0.5) is 5.69 Å². The van der Waals surface area contributed by atoms with Gasteiger partial charge in [0.05, 0.1) is 5.41 Å². The van der Waals surface area contributed by atoms with E-state index < -0.39 is 5.41 Å². The van der Waals surface area contributed by atoms with E-state index in [4.69, 9.17) is 4.74 Å². The maximum atomic E-state index is 12.4. The molecule has 0 saturated carbocycles. The van der Waals surface area contributed by atoms with Crippen LogP contribution >= 0.6 is 24.8 Å². The van der Waals surface area contributed by atoms with E-state index in [9.17, 15) is 9.90 Å². The van der Waals surface area contributed by atoms with E-state index in [0.29, 0.717) is 12.2 Å². The number of carbonyl (C=O) groups excluding carboxylic acids is 1. The molecule has 0 aliphatic carbocycles. The van der Waals surface area contributed by atoms with Gasteiger partial charge in [-0.25, -0.2) is 0 Å². The van der Waals surface area contributed by atoms with Gasteiger partial charge in [-0.2, -0.15) is 0 Å². The molecule has 5 nitrogen and oxygen atoms in total. The van der Waals surface area contributed by atoms with Crippen molar-refractivity contribution in [2.75, 3.05) is 44.7 Å². The fourth-order valence-corrected chi connectivity index (χ4v) is 4.68. The first-order valence-corrected chi connectivity index (χ1v) is 13.5. The molecule has 40 heavy (non-hydrogen) atoms. The van der Waals surface area contributed by atoms with Crippen LogP contribution in [0.5, 0.6) is 5.75 Å². The van der Waals surface area contributed by atoms with Crippen molar-refractivity contribution in [3.63, 3.8) is 0 Å². The van der Waals surface area contributed by atoms with Crippen molar-refractivity contribution in [2.45, 2.75) is 33.6 Å². The molecule has 1 N–H and O–H groups in total. The molecule has 0 amide bonds. The minimum atomic E-state index is -0.569. The van der Waals surface area contributed by atoms with Gasteiger partial charge in [0.25, 0.3) is 0 Å². The summed E-state index contributed by atoms with van der Waals surface area (Å²) in [4.78, 5) is 17.2. The second kappa shape index (κ2) is 15.2. The first kappa shape index (κ1) is 33.4. The second-order valence-electron chi connectivity index (χ2n) is 11.0. The van der Waals surface area contributed by atoms with Crippen LogP contribution in [-0.2, 0) is 4.79 Å². The number of carbonyl (C=O) groups is 1. The number of likely N-dealkylation sites (N-methyl/N-ethyl adjacent to an activating group) is 1. The SMILES string of the molecule is CN1CCN(c2ccc(/C(=C(/CCCO)c3ccccc3)c3ccc(OC(=O)C(C)(C)C)cc3)cc2)CC1.Cl.Cl. The summed E-state index contributed by atoms with van der Waals surface area (Å²) in [5.74, 6) is 0.281. The Morgan fingerprint density at radius 2 is 1.35 bits per heavy atom. The number of aliphatic hydroxyl groups is 1. The third-order valence-corrected chi connectivity index (χ3v) is 7.00. The number of nitrogens with zero attached hydrogens (tertiary/aromatic N) is 2. The summed E-state index contributed by atoms with van der Waals surface area (Å²) < 4.78 is 5.62. The number of hydrogen-bond acceptors (Lipinski definition) is 5. The molecule has 1 saturated heterocycles. The quantitative estimate of drug-likeness (QED) is 0.176. The van der Waals surface area contributed by atoms with Crippen LogP contribution in [0.15, 0.2) is 78.9 Å². The third-order valence-electron chi connectivity index (χ3n) is 7.00. The van der Waals surface area contributed by atoms with Crippen molar-refractivity contribution in [2.24, 2.45) is 5.41 Å². The van der Waals surface area contributed by atoms with Crippen LogP contribution < -0.4 is 9.64 Å². The van der Waals surface area contributed by atoms with Gasteiger partial charge < -0.3 is 19.6 Å². The lowest BCUT2D eigenvalue weighted by molar-refractivity contribution is -0.143. The van der Waals surface area contributed by atoms with Crippen molar-refractivity contribution in [1.82, 2.24) is 4.90 Å². The van der Waals surface area contributed by atoms with Gasteiger partial charge >= 0.3 is 5.97 Å². The van der Waals surface area contributed by atoms with E-state index in [1.165, 1.54) is 11.3 Å². The van der Waals surface area contributed by atoms with E-state index in [1.54, 1.807) is 0 Å². The summed E-state index contributed by atoms with van der Waals surface area (Å²) in [6, 6.07) is 27.0. The Bertz CT molecular complexity index is 1230. The Kier molecular flexibility index (Phi) is 12.7. The lowest BCUT2D eigenvalue weighted by atomic mass is 9.87. The van der Waals surface area contributed by atoms with Crippen LogP contribution in [0.25, 0.3) is 11.1 Å². The molecule has 216 valence electrons. The fourth-order valence-electron chi connectivity index (χ4n) is 4.68. The molecular formula is C33H42Cl2N2O3. The predicted octanol–water partition coefficient (Wildman–Crippen LogP) is 6.97. The molecular weight excluding hydrogens is 543 g/mol.